The van der Waals surface area contributed by atoms with Crippen LogP contribution in [0, 0.1) is 48.5 Å². The first-order valence-corrected chi connectivity index (χ1v) is 15.5. The molecule has 0 aromatic heterocycles. The lowest BCUT2D eigenvalue weighted by molar-refractivity contribution is -0.288. The van der Waals surface area contributed by atoms with Crippen LogP contribution in [-0.4, -0.2) is 12.4 Å². The minimum absolute atomic E-state index is 0.180. The van der Waals surface area contributed by atoms with Gasteiger partial charge in [-0.15, -0.1) is 0 Å². The molecule has 0 saturated carbocycles. The summed E-state index contributed by atoms with van der Waals surface area (Å²) in [5, 5.41) is 0. The van der Waals surface area contributed by atoms with Crippen LogP contribution in [0.4, 0.5) is 26.3 Å². The Morgan fingerprint density at radius 2 is 0.830 bits per heavy atom. The molecule has 47 heavy (non-hydrogen) atoms. The molecule has 0 heterocycles. The number of alkyl halides is 6. The first kappa shape index (κ1) is 34.0. The number of hydrogen-bond donors (Lipinski definition) is 0. The fourth-order valence-electron chi connectivity index (χ4n) is 6.32. The van der Waals surface area contributed by atoms with Crippen molar-refractivity contribution in [2.75, 3.05) is 0 Å². The van der Waals surface area contributed by atoms with E-state index in [0.29, 0.717) is 22.3 Å². The van der Waals surface area contributed by atoms with E-state index in [1.54, 1.807) is 13.8 Å². The Morgan fingerprint density at radius 1 is 0.383 bits per heavy atom. The molecule has 5 aromatic rings. The van der Waals surface area contributed by atoms with E-state index in [1.807, 2.05) is 32.0 Å². The molecule has 0 aliphatic carbocycles. The predicted octanol–water partition coefficient (Wildman–Crippen LogP) is 12.2. The predicted molar refractivity (Wildman–Crippen MR) is 179 cm³/mol. The van der Waals surface area contributed by atoms with Gasteiger partial charge in [-0.2, -0.15) is 26.3 Å². The van der Waals surface area contributed by atoms with E-state index in [2.05, 4.69) is 50.2 Å². The van der Waals surface area contributed by atoms with Gasteiger partial charge in [-0.1, -0.05) is 91.0 Å². The third-order valence-corrected chi connectivity index (χ3v) is 9.79. The summed E-state index contributed by atoms with van der Waals surface area (Å²) in [6.07, 6.45) is -11.1. The minimum atomic E-state index is -5.64. The van der Waals surface area contributed by atoms with E-state index in [4.69, 9.17) is 0 Å². The molecular formula is C41H38F6. The van der Waals surface area contributed by atoms with Gasteiger partial charge in [-0.25, -0.2) is 0 Å². The molecular weight excluding hydrogens is 606 g/mol. The highest BCUT2D eigenvalue weighted by Crippen LogP contribution is 2.56. The van der Waals surface area contributed by atoms with Gasteiger partial charge in [0.05, 0.1) is 0 Å². The Balaban J connectivity index is 1.59. The maximum Gasteiger partial charge on any atom is 0.411 e. The Bertz CT molecular complexity index is 1930. The highest BCUT2D eigenvalue weighted by Gasteiger charge is 2.72. The minimum Gasteiger partial charge on any atom is -0.169 e. The van der Waals surface area contributed by atoms with E-state index >= 15 is 0 Å². The second-order valence-corrected chi connectivity index (χ2v) is 12.8. The lowest BCUT2D eigenvalue weighted by Crippen LogP contribution is -2.54. The summed E-state index contributed by atoms with van der Waals surface area (Å²) >= 11 is 0. The van der Waals surface area contributed by atoms with Crippen LogP contribution >= 0.6 is 0 Å². The normalized spacial score (nSPS) is 12.4. The second kappa shape index (κ2) is 12.4. The zero-order valence-corrected chi connectivity index (χ0v) is 27.6. The number of benzene rings is 5. The maximum atomic E-state index is 14.9. The molecule has 5 rings (SSSR count). The molecule has 244 valence electrons. The third kappa shape index (κ3) is 6.22. The zero-order valence-electron chi connectivity index (χ0n) is 27.6. The molecule has 0 bridgehead atoms. The van der Waals surface area contributed by atoms with Crippen molar-refractivity contribution < 1.29 is 26.3 Å². The molecule has 6 heteroatoms. The number of halogens is 6. The van der Waals surface area contributed by atoms with E-state index in [9.17, 15) is 26.3 Å². The Morgan fingerprint density at radius 3 is 1.36 bits per heavy atom. The van der Waals surface area contributed by atoms with Crippen LogP contribution in [0.3, 0.4) is 0 Å². The lowest BCUT2D eigenvalue weighted by atomic mass is 9.71. The van der Waals surface area contributed by atoms with Crippen molar-refractivity contribution in [1.29, 1.82) is 0 Å². The van der Waals surface area contributed by atoms with Crippen LogP contribution in [0.5, 0.6) is 0 Å². The van der Waals surface area contributed by atoms with Crippen LogP contribution in [0.2, 0.25) is 0 Å². The molecule has 0 unspecified atom stereocenters. The van der Waals surface area contributed by atoms with Crippen LogP contribution in [-0.2, 0) is 11.8 Å². The second-order valence-electron chi connectivity index (χ2n) is 12.8. The van der Waals surface area contributed by atoms with E-state index in [0.717, 1.165) is 63.2 Å². The zero-order chi connectivity index (χ0) is 34.5. The smallest absolute Gasteiger partial charge is 0.169 e. The molecule has 5 aromatic carbocycles. The van der Waals surface area contributed by atoms with Gasteiger partial charge in [0.1, 0.15) is 0 Å². The molecule has 0 spiro atoms. The van der Waals surface area contributed by atoms with Crippen molar-refractivity contribution in [3.8, 4) is 22.3 Å². The average molecular weight is 645 g/mol. The molecule has 0 N–H and O–H groups in total. The highest BCUT2D eigenvalue weighted by molar-refractivity contribution is 5.72. The Labute approximate surface area is 273 Å². The van der Waals surface area contributed by atoms with Crippen molar-refractivity contribution in [3.63, 3.8) is 0 Å². The van der Waals surface area contributed by atoms with Gasteiger partial charge in [0.15, 0.2) is 0 Å². The summed E-state index contributed by atoms with van der Waals surface area (Å²) in [4.78, 5) is 0. The van der Waals surface area contributed by atoms with Crippen molar-refractivity contribution in [1.82, 2.24) is 0 Å². The van der Waals surface area contributed by atoms with E-state index in [-0.39, 0.29) is 6.42 Å². The Hall–Kier alpha value is -4.32. The molecule has 0 aliphatic heterocycles. The van der Waals surface area contributed by atoms with E-state index < -0.39 is 28.9 Å². The van der Waals surface area contributed by atoms with E-state index in [1.165, 1.54) is 30.2 Å². The van der Waals surface area contributed by atoms with Gasteiger partial charge < -0.3 is 0 Å². The standard InChI is InChI=1S/C41H38F6/c1-24-8-11-33(18-27(24)4)31-12-14-32(15-13-31)36-19-29(6)30(7)35(22-36)21-34-23-38(17-10-26(34)3)39(40(42,43)44,41(45,46)47)37-16-9-25(2)28(5)20-37/h8-20,22-23H,21H2,1-7H3. The monoisotopic (exact) mass is 644 g/mol. The summed E-state index contributed by atoms with van der Waals surface area (Å²) in [6, 6.07) is 25.3. The molecule has 0 fully saturated rings. The highest BCUT2D eigenvalue weighted by atomic mass is 19.4. The molecule has 0 saturated heterocycles. The first-order chi connectivity index (χ1) is 21.9. The fraction of sp³-hybridized carbons (Fsp3) is 0.268. The molecule has 0 radical (unpaired) electrons. The fourth-order valence-corrected chi connectivity index (χ4v) is 6.32. The summed E-state index contributed by atoms with van der Waals surface area (Å²) in [6.45, 7) is 12.9. The maximum absolute atomic E-state index is 14.9. The quantitative estimate of drug-likeness (QED) is 0.161. The summed E-state index contributed by atoms with van der Waals surface area (Å²) in [5.41, 5.74) is 5.43. The van der Waals surface area contributed by atoms with Gasteiger partial charge in [-0.05, 0) is 138 Å². The van der Waals surface area contributed by atoms with Crippen LogP contribution in [0.15, 0.2) is 91.0 Å². The van der Waals surface area contributed by atoms with Gasteiger partial charge in [0, 0.05) is 0 Å². The average Bonchev–Trinajstić information content (AvgIpc) is 2.99. The van der Waals surface area contributed by atoms with Crippen molar-refractivity contribution in [3.05, 3.63) is 152 Å². The molecule has 0 aliphatic rings. The molecule has 0 atom stereocenters. The summed E-state index contributed by atoms with van der Waals surface area (Å²) in [7, 11) is 0. The summed E-state index contributed by atoms with van der Waals surface area (Å²) < 4.78 is 89.7. The van der Waals surface area contributed by atoms with Crippen LogP contribution in [0.1, 0.15) is 61.2 Å². The van der Waals surface area contributed by atoms with Crippen LogP contribution < -0.4 is 0 Å². The number of aryl methyl sites for hydroxylation is 6. The first-order valence-electron chi connectivity index (χ1n) is 15.5. The number of rotatable bonds is 6. The SMILES string of the molecule is Cc1ccc(-c2ccc(-c3cc(C)c(C)c(Cc4cc(C(c5ccc(C)c(C)c5)(C(F)(F)F)C(F)(F)F)ccc4C)c3)cc2)cc1C. The van der Waals surface area contributed by atoms with Crippen LogP contribution in [0.25, 0.3) is 22.3 Å². The van der Waals surface area contributed by atoms with Crippen molar-refractivity contribution >= 4 is 0 Å². The summed E-state index contributed by atoms with van der Waals surface area (Å²) in [5.74, 6) is 0. The van der Waals surface area contributed by atoms with Crippen molar-refractivity contribution in [2.45, 2.75) is 72.7 Å². The Kier molecular flexibility index (Phi) is 8.95. The van der Waals surface area contributed by atoms with Gasteiger partial charge in [-0.3, -0.25) is 0 Å². The number of hydrogen-bond acceptors (Lipinski definition) is 0. The third-order valence-electron chi connectivity index (χ3n) is 9.79. The largest absolute Gasteiger partial charge is 0.411 e. The van der Waals surface area contributed by atoms with Gasteiger partial charge in [0.25, 0.3) is 0 Å². The topological polar surface area (TPSA) is 0 Å². The lowest BCUT2D eigenvalue weighted by Gasteiger charge is -2.39. The van der Waals surface area contributed by atoms with Gasteiger partial charge in [0.2, 0.25) is 5.41 Å². The van der Waals surface area contributed by atoms with Crippen molar-refractivity contribution in [2.24, 2.45) is 0 Å². The van der Waals surface area contributed by atoms with Gasteiger partial charge >= 0.3 is 12.4 Å². The molecule has 0 amide bonds. The molecule has 0 nitrogen and oxygen atoms in total.